The normalized spacial score (nSPS) is 29.6. The van der Waals surface area contributed by atoms with Gasteiger partial charge in [-0.05, 0) is 13.0 Å². The van der Waals surface area contributed by atoms with Crippen LogP contribution in [0.3, 0.4) is 0 Å². The van der Waals surface area contributed by atoms with Crippen LogP contribution in [0.4, 0.5) is 0 Å². The Balaban J connectivity index is 2.36. The van der Waals surface area contributed by atoms with E-state index in [2.05, 4.69) is 15.4 Å². The highest BCUT2D eigenvalue weighted by atomic mass is 17.3. The minimum Gasteiger partial charge on any atom is -0.328 e. The molecule has 1 N–H and O–H groups in total. The van der Waals surface area contributed by atoms with Crippen LogP contribution in [-0.2, 0) is 9.88 Å². The molecule has 3 nitrogen and oxygen atoms in total. The number of hydroxylamine groups is 1. The van der Waals surface area contributed by atoms with E-state index in [1.54, 1.807) is 0 Å². The fraction of sp³-hybridized carbons (Fsp3) is 0.500. The summed E-state index contributed by atoms with van der Waals surface area (Å²) in [5.41, 5.74) is 2.57. The lowest BCUT2D eigenvalue weighted by atomic mass is 10.4. The maximum absolute atomic E-state index is 4.35. The predicted octanol–water partition coefficient (Wildman–Crippen LogP) is 0.355. The molecular formula is C4H7NO2. The fourth-order valence-electron chi connectivity index (χ4n) is 0.321. The molecule has 3 heteroatoms. The van der Waals surface area contributed by atoms with E-state index in [9.17, 15) is 0 Å². The minimum atomic E-state index is 0.258. The molecule has 0 aromatic heterocycles. The van der Waals surface area contributed by atoms with Crippen molar-refractivity contribution < 1.29 is 9.88 Å². The van der Waals surface area contributed by atoms with Crippen molar-refractivity contribution in [3.05, 3.63) is 12.3 Å². The molecule has 1 unspecified atom stereocenters. The van der Waals surface area contributed by atoms with Crippen molar-refractivity contribution in [2.45, 2.75) is 13.0 Å². The molecule has 0 saturated carbocycles. The molecule has 7 heavy (non-hydrogen) atoms. The lowest BCUT2D eigenvalue weighted by Gasteiger charge is -2.10. The second-order valence-electron chi connectivity index (χ2n) is 1.41. The van der Waals surface area contributed by atoms with Gasteiger partial charge in [0.1, 0.15) is 6.26 Å². The summed E-state index contributed by atoms with van der Waals surface area (Å²) in [6, 6.07) is 0.258. The Bertz CT molecular complexity index is 81.8. The maximum Gasteiger partial charge on any atom is 0.129 e. The van der Waals surface area contributed by atoms with Crippen molar-refractivity contribution in [1.29, 1.82) is 0 Å². The zero-order valence-electron chi connectivity index (χ0n) is 4.05. The van der Waals surface area contributed by atoms with Gasteiger partial charge in [-0.25, -0.2) is 0 Å². The van der Waals surface area contributed by atoms with Gasteiger partial charge < -0.3 is 4.89 Å². The standard InChI is InChI=1S/C4H7NO2/c1-4-2-3-6-7-5-4/h2-5H,1H3. The molecule has 0 amide bonds. The Morgan fingerprint density at radius 1 is 1.71 bits per heavy atom. The smallest absolute Gasteiger partial charge is 0.129 e. The molecule has 1 aliphatic heterocycles. The van der Waals surface area contributed by atoms with Crippen LogP contribution in [0.15, 0.2) is 12.3 Å². The lowest BCUT2D eigenvalue weighted by molar-refractivity contribution is -0.308. The first-order valence-corrected chi connectivity index (χ1v) is 2.14. The topological polar surface area (TPSA) is 30.5 Å². The van der Waals surface area contributed by atoms with Gasteiger partial charge in [-0.3, -0.25) is 0 Å². The predicted molar refractivity (Wildman–Crippen MR) is 23.9 cm³/mol. The molecule has 0 radical (unpaired) electrons. The van der Waals surface area contributed by atoms with E-state index in [0.717, 1.165) is 0 Å². The Hall–Kier alpha value is -0.540. The van der Waals surface area contributed by atoms with Crippen molar-refractivity contribution in [2.75, 3.05) is 0 Å². The molecule has 0 aliphatic carbocycles. The van der Waals surface area contributed by atoms with Crippen molar-refractivity contribution in [3.63, 3.8) is 0 Å². The SMILES string of the molecule is CC1C=COON1. The molecule has 0 aromatic rings. The molecule has 1 aliphatic rings. The largest absolute Gasteiger partial charge is 0.328 e. The first kappa shape index (κ1) is 4.61. The summed E-state index contributed by atoms with van der Waals surface area (Å²) in [5, 5.41) is 0. The van der Waals surface area contributed by atoms with E-state index < -0.39 is 0 Å². The summed E-state index contributed by atoms with van der Waals surface area (Å²) < 4.78 is 0. The Labute approximate surface area is 41.8 Å². The van der Waals surface area contributed by atoms with Crippen LogP contribution >= 0.6 is 0 Å². The third-order valence-corrected chi connectivity index (χ3v) is 0.705. The van der Waals surface area contributed by atoms with E-state index in [1.807, 2.05) is 13.0 Å². The highest BCUT2D eigenvalue weighted by molar-refractivity contribution is 4.84. The van der Waals surface area contributed by atoms with Crippen molar-refractivity contribution in [1.82, 2.24) is 5.48 Å². The summed E-state index contributed by atoms with van der Waals surface area (Å²) in [7, 11) is 0. The van der Waals surface area contributed by atoms with E-state index in [0.29, 0.717) is 0 Å². The zero-order chi connectivity index (χ0) is 5.11. The van der Waals surface area contributed by atoms with Crippen molar-refractivity contribution in [3.8, 4) is 0 Å². The molecule has 40 valence electrons. The van der Waals surface area contributed by atoms with E-state index in [4.69, 9.17) is 0 Å². The number of rotatable bonds is 0. The highest BCUT2D eigenvalue weighted by Gasteiger charge is 1.98. The molecule has 0 fully saturated rings. The van der Waals surface area contributed by atoms with Gasteiger partial charge in [0.25, 0.3) is 0 Å². The van der Waals surface area contributed by atoms with Gasteiger partial charge in [0.05, 0.1) is 6.04 Å². The summed E-state index contributed by atoms with van der Waals surface area (Å²) in [6.45, 7) is 1.96. The third-order valence-electron chi connectivity index (χ3n) is 0.705. The maximum atomic E-state index is 4.35. The van der Waals surface area contributed by atoms with Crippen LogP contribution in [0.1, 0.15) is 6.92 Å². The molecule has 0 aromatic carbocycles. The van der Waals surface area contributed by atoms with Gasteiger partial charge in [-0.2, -0.15) is 5.48 Å². The van der Waals surface area contributed by atoms with Crippen LogP contribution in [0.2, 0.25) is 0 Å². The van der Waals surface area contributed by atoms with E-state index in [1.165, 1.54) is 6.26 Å². The van der Waals surface area contributed by atoms with Gasteiger partial charge in [0, 0.05) is 0 Å². The molecule has 0 bridgehead atoms. The van der Waals surface area contributed by atoms with Crippen LogP contribution < -0.4 is 5.48 Å². The molecule has 1 heterocycles. The molecule has 0 spiro atoms. The van der Waals surface area contributed by atoms with Gasteiger partial charge in [-0.15, -0.1) is 0 Å². The average Bonchev–Trinajstić information content (AvgIpc) is 1.69. The molecule has 1 rings (SSSR count). The van der Waals surface area contributed by atoms with Crippen LogP contribution in [0.25, 0.3) is 0 Å². The highest BCUT2D eigenvalue weighted by Crippen LogP contribution is 1.91. The zero-order valence-corrected chi connectivity index (χ0v) is 4.05. The second kappa shape index (κ2) is 1.95. The molecular weight excluding hydrogens is 94.0 g/mol. The number of nitrogens with one attached hydrogen (secondary N) is 1. The van der Waals surface area contributed by atoms with Gasteiger partial charge in [0.2, 0.25) is 0 Å². The molecule has 0 saturated heterocycles. The average molecular weight is 101 g/mol. The quantitative estimate of drug-likeness (QED) is 0.447. The number of hydrogen-bond acceptors (Lipinski definition) is 3. The van der Waals surface area contributed by atoms with Crippen LogP contribution in [-0.4, -0.2) is 6.04 Å². The Kier molecular flexibility index (Phi) is 1.29. The first-order chi connectivity index (χ1) is 3.39. The van der Waals surface area contributed by atoms with Gasteiger partial charge in [-0.1, -0.05) is 4.99 Å². The Morgan fingerprint density at radius 3 is 2.86 bits per heavy atom. The third kappa shape index (κ3) is 1.17. The summed E-state index contributed by atoms with van der Waals surface area (Å²) in [6.07, 6.45) is 3.35. The lowest BCUT2D eigenvalue weighted by Crippen LogP contribution is -2.26. The van der Waals surface area contributed by atoms with Crippen LogP contribution in [0.5, 0.6) is 0 Å². The summed E-state index contributed by atoms with van der Waals surface area (Å²) in [5.74, 6) is 0. The van der Waals surface area contributed by atoms with Gasteiger partial charge in [0.15, 0.2) is 0 Å². The first-order valence-electron chi connectivity index (χ1n) is 2.14. The van der Waals surface area contributed by atoms with E-state index in [-0.39, 0.29) is 6.04 Å². The summed E-state index contributed by atoms with van der Waals surface area (Å²) in [4.78, 5) is 8.69. The van der Waals surface area contributed by atoms with Crippen LogP contribution in [0, 0.1) is 0 Å². The van der Waals surface area contributed by atoms with Gasteiger partial charge >= 0.3 is 0 Å². The number of hydrogen-bond donors (Lipinski definition) is 1. The minimum absolute atomic E-state index is 0.258. The molecule has 1 atom stereocenters. The van der Waals surface area contributed by atoms with E-state index >= 15 is 0 Å². The fourth-order valence-corrected chi connectivity index (χ4v) is 0.321. The summed E-state index contributed by atoms with van der Waals surface area (Å²) >= 11 is 0. The Morgan fingerprint density at radius 2 is 2.57 bits per heavy atom. The second-order valence-corrected chi connectivity index (χ2v) is 1.41. The van der Waals surface area contributed by atoms with Crippen molar-refractivity contribution in [2.24, 2.45) is 0 Å². The van der Waals surface area contributed by atoms with Crippen molar-refractivity contribution >= 4 is 0 Å². The monoisotopic (exact) mass is 101 g/mol.